The standard InChI is InChI=1S/C40H44N10O4/c1-52-32-7-3-28(4-8-32)26-49(27-29-5-9-33(53-2)10-6-29)39-43-24-30(25-44-39)36-34-12-16-50(37(34)46-40(45-36)48-19-21-54-22-20-48)31-11-13-42-35(23-31)38(51)47-17-14-41-15-18-47/h3-11,13,23-25,41H,12,14-22,26-27H2,1-2H3. The summed E-state index contributed by atoms with van der Waals surface area (Å²) in [5.74, 6) is 3.61. The van der Waals surface area contributed by atoms with Crippen LogP contribution < -0.4 is 29.5 Å². The highest BCUT2D eigenvalue weighted by Crippen LogP contribution is 2.39. The first-order chi connectivity index (χ1) is 26.6. The average Bonchev–Trinajstić information content (AvgIpc) is 3.68. The van der Waals surface area contributed by atoms with Crippen LogP contribution in [0.2, 0.25) is 0 Å². The number of piperazine rings is 1. The Labute approximate surface area is 314 Å². The molecular weight excluding hydrogens is 685 g/mol. The number of hydrogen-bond acceptors (Lipinski definition) is 13. The third kappa shape index (κ3) is 7.61. The van der Waals surface area contributed by atoms with Crippen molar-refractivity contribution in [2.24, 2.45) is 0 Å². The molecular formula is C40H44N10O4. The van der Waals surface area contributed by atoms with Gasteiger partial charge in [0.1, 0.15) is 23.0 Å². The van der Waals surface area contributed by atoms with E-state index in [2.05, 4.69) is 49.3 Å². The molecule has 14 nitrogen and oxygen atoms in total. The van der Waals surface area contributed by atoms with Gasteiger partial charge in [0.05, 0.1) is 33.1 Å². The minimum Gasteiger partial charge on any atom is -0.497 e. The number of fused-ring (bicyclic) bond motifs is 1. The molecule has 2 aromatic carbocycles. The summed E-state index contributed by atoms with van der Waals surface area (Å²) < 4.78 is 16.4. The highest BCUT2D eigenvalue weighted by Gasteiger charge is 2.30. The summed E-state index contributed by atoms with van der Waals surface area (Å²) in [5.41, 5.74) is 6.15. The maximum atomic E-state index is 13.4. The van der Waals surface area contributed by atoms with Gasteiger partial charge in [-0.05, 0) is 53.9 Å². The van der Waals surface area contributed by atoms with E-state index in [4.69, 9.17) is 34.1 Å². The second kappa shape index (κ2) is 16.0. The Balaban J connectivity index is 1.12. The quantitative estimate of drug-likeness (QED) is 0.209. The van der Waals surface area contributed by atoms with E-state index in [9.17, 15) is 4.79 Å². The van der Waals surface area contributed by atoms with Gasteiger partial charge in [-0.25, -0.2) is 15.0 Å². The number of ether oxygens (including phenoxy) is 3. The zero-order valence-corrected chi connectivity index (χ0v) is 30.6. The SMILES string of the molecule is COc1ccc(CN(Cc2ccc(OC)cc2)c2ncc(-c3nc(N4CCOCC4)nc4c3CCN4c3ccnc(C(=O)N4CCNCC4)c3)cn2)cc1. The van der Waals surface area contributed by atoms with Crippen LogP contribution in [0.1, 0.15) is 27.2 Å². The minimum atomic E-state index is -0.0552. The van der Waals surface area contributed by atoms with Crippen LogP contribution in [-0.2, 0) is 24.2 Å². The van der Waals surface area contributed by atoms with E-state index in [-0.39, 0.29) is 5.91 Å². The molecule has 8 rings (SSSR count). The van der Waals surface area contributed by atoms with Gasteiger partial charge in [0.25, 0.3) is 5.91 Å². The zero-order chi connectivity index (χ0) is 36.9. The Bertz CT molecular complexity index is 2000. The van der Waals surface area contributed by atoms with Crippen LogP contribution in [0.5, 0.6) is 11.5 Å². The van der Waals surface area contributed by atoms with Crippen molar-refractivity contribution in [3.05, 3.63) is 102 Å². The predicted molar refractivity (Wildman–Crippen MR) is 206 cm³/mol. The van der Waals surface area contributed by atoms with E-state index in [1.165, 1.54) is 0 Å². The predicted octanol–water partition coefficient (Wildman–Crippen LogP) is 4.13. The number of amides is 1. The monoisotopic (exact) mass is 728 g/mol. The lowest BCUT2D eigenvalue weighted by Gasteiger charge is -2.29. The molecule has 2 saturated heterocycles. The lowest BCUT2D eigenvalue weighted by molar-refractivity contribution is 0.0730. The summed E-state index contributed by atoms with van der Waals surface area (Å²) in [4.78, 5) is 46.4. The van der Waals surface area contributed by atoms with Crippen molar-refractivity contribution in [3.63, 3.8) is 0 Å². The summed E-state index contributed by atoms with van der Waals surface area (Å²) in [6.07, 6.45) is 6.16. The van der Waals surface area contributed by atoms with Gasteiger partial charge >= 0.3 is 0 Å². The molecule has 3 aliphatic heterocycles. The molecule has 3 aromatic heterocycles. The van der Waals surface area contributed by atoms with Crippen molar-refractivity contribution in [3.8, 4) is 22.8 Å². The zero-order valence-electron chi connectivity index (χ0n) is 30.6. The molecule has 14 heteroatoms. The Morgan fingerprint density at radius 1 is 0.815 bits per heavy atom. The number of morpholine rings is 1. The molecule has 5 aromatic rings. The molecule has 0 bridgehead atoms. The third-order valence-corrected chi connectivity index (χ3v) is 10.0. The van der Waals surface area contributed by atoms with Crippen LogP contribution in [0.25, 0.3) is 11.3 Å². The van der Waals surface area contributed by atoms with Crippen LogP contribution in [0.4, 0.5) is 23.4 Å². The van der Waals surface area contributed by atoms with E-state index in [1.54, 1.807) is 20.4 Å². The van der Waals surface area contributed by atoms with Crippen LogP contribution in [0, 0.1) is 0 Å². The number of rotatable bonds is 11. The minimum absolute atomic E-state index is 0.0552. The Hall–Kier alpha value is -5.86. The summed E-state index contributed by atoms with van der Waals surface area (Å²) in [7, 11) is 3.34. The largest absolute Gasteiger partial charge is 0.497 e. The highest BCUT2D eigenvalue weighted by molar-refractivity contribution is 5.93. The Morgan fingerprint density at radius 2 is 1.46 bits per heavy atom. The number of anilines is 4. The lowest BCUT2D eigenvalue weighted by Crippen LogP contribution is -2.46. The van der Waals surface area contributed by atoms with E-state index >= 15 is 0 Å². The number of benzene rings is 2. The number of nitrogens with zero attached hydrogens (tertiary/aromatic N) is 9. The van der Waals surface area contributed by atoms with Gasteiger partial charge in [0.15, 0.2) is 0 Å². The molecule has 54 heavy (non-hydrogen) atoms. The first kappa shape index (κ1) is 35.2. The van der Waals surface area contributed by atoms with Gasteiger partial charge in [-0.3, -0.25) is 9.78 Å². The van der Waals surface area contributed by atoms with E-state index < -0.39 is 0 Å². The molecule has 2 fully saturated rings. The number of methoxy groups -OCH3 is 2. The molecule has 1 amide bonds. The number of carbonyl (C=O) groups excluding carboxylic acids is 1. The first-order valence-corrected chi connectivity index (χ1v) is 18.4. The van der Waals surface area contributed by atoms with E-state index in [0.29, 0.717) is 76.6 Å². The van der Waals surface area contributed by atoms with Gasteiger partial charge < -0.3 is 39.1 Å². The van der Waals surface area contributed by atoms with Gasteiger partial charge in [-0.2, -0.15) is 4.98 Å². The fraction of sp³-hybridized carbons (Fsp3) is 0.350. The smallest absolute Gasteiger partial charge is 0.272 e. The van der Waals surface area contributed by atoms with Crippen molar-refractivity contribution in [2.45, 2.75) is 19.5 Å². The van der Waals surface area contributed by atoms with E-state index in [0.717, 1.165) is 70.5 Å². The van der Waals surface area contributed by atoms with Gasteiger partial charge in [0, 0.05) is 94.3 Å². The van der Waals surface area contributed by atoms with Crippen LogP contribution in [0.3, 0.4) is 0 Å². The van der Waals surface area contributed by atoms with Crippen molar-refractivity contribution in [1.29, 1.82) is 0 Å². The molecule has 1 N–H and O–H groups in total. The molecule has 278 valence electrons. The van der Waals surface area contributed by atoms with Gasteiger partial charge in [-0.1, -0.05) is 24.3 Å². The van der Waals surface area contributed by atoms with Crippen molar-refractivity contribution < 1.29 is 19.0 Å². The fourth-order valence-electron chi connectivity index (χ4n) is 7.08. The summed E-state index contributed by atoms with van der Waals surface area (Å²) in [6, 6.07) is 19.9. The van der Waals surface area contributed by atoms with Crippen molar-refractivity contribution >= 4 is 29.3 Å². The number of hydrogen-bond donors (Lipinski definition) is 1. The normalized spacial score (nSPS) is 15.6. The molecule has 0 atom stereocenters. The van der Waals surface area contributed by atoms with Crippen molar-refractivity contribution in [2.75, 3.05) is 87.9 Å². The summed E-state index contributed by atoms with van der Waals surface area (Å²) in [5, 5.41) is 3.31. The van der Waals surface area contributed by atoms with Gasteiger partial charge in [0.2, 0.25) is 11.9 Å². The van der Waals surface area contributed by atoms with E-state index in [1.807, 2.05) is 53.7 Å². The molecule has 3 aliphatic rings. The summed E-state index contributed by atoms with van der Waals surface area (Å²) >= 11 is 0. The van der Waals surface area contributed by atoms with Crippen LogP contribution in [0.15, 0.2) is 79.3 Å². The third-order valence-electron chi connectivity index (χ3n) is 10.0. The molecule has 0 unspecified atom stereocenters. The maximum Gasteiger partial charge on any atom is 0.272 e. The Kier molecular flexibility index (Phi) is 10.4. The average molecular weight is 729 g/mol. The lowest BCUT2D eigenvalue weighted by atomic mass is 10.1. The van der Waals surface area contributed by atoms with Crippen molar-refractivity contribution in [1.82, 2.24) is 35.1 Å². The molecule has 0 radical (unpaired) electrons. The first-order valence-electron chi connectivity index (χ1n) is 18.4. The molecule has 0 aliphatic carbocycles. The molecule has 0 saturated carbocycles. The van der Waals surface area contributed by atoms with Gasteiger partial charge in [-0.15, -0.1) is 0 Å². The fourth-order valence-corrected chi connectivity index (χ4v) is 7.08. The maximum absolute atomic E-state index is 13.4. The molecule has 0 spiro atoms. The number of nitrogens with one attached hydrogen (secondary N) is 1. The highest BCUT2D eigenvalue weighted by atomic mass is 16.5. The second-order valence-electron chi connectivity index (χ2n) is 13.4. The van der Waals surface area contributed by atoms with Crippen LogP contribution >= 0.6 is 0 Å². The second-order valence-corrected chi connectivity index (χ2v) is 13.4. The van der Waals surface area contributed by atoms with Crippen LogP contribution in [-0.4, -0.2) is 109 Å². The number of pyridine rings is 1. The number of aromatic nitrogens is 5. The Morgan fingerprint density at radius 3 is 2.09 bits per heavy atom. The molecule has 6 heterocycles. The topological polar surface area (TPSA) is 134 Å². The number of carbonyl (C=O) groups is 1. The summed E-state index contributed by atoms with van der Waals surface area (Å²) in [6.45, 7) is 7.37.